The number of likely N-dealkylation sites (tertiary alicyclic amines) is 1. The molecule has 1 saturated heterocycles. The summed E-state index contributed by atoms with van der Waals surface area (Å²) in [5.74, 6) is 1.53. The second-order valence-corrected chi connectivity index (χ2v) is 6.48. The van der Waals surface area contributed by atoms with Crippen molar-refractivity contribution in [3.8, 4) is 0 Å². The van der Waals surface area contributed by atoms with Crippen molar-refractivity contribution in [2.75, 3.05) is 19.6 Å². The first kappa shape index (κ1) is 14.5. The van der Waals surface area contributed by atoms with E-state index in [9.17, 15) is 0 Å². The van der Waals surface area contributed by atoms with Crippen LogP contribution in [-0.4, -0.2) is 24.5 Å². The highest BCUT2D eigenvalue weighted by molar-refractivity contribution is 5.26. The van der Waals surface area contributed by atoms with Gasteiger partial charge in [0.25, 0.3) is 0 Å². The number of nitrogens with zero attached hydrogens (tertiary/aromatic N) is 1. The smallest absolute Gasteiger partial charge is 0.0470 e. The minimum absolute atomic E-state index is 0.401. The summed E-state index contributed by atoms with van der Waals surface area (Å²) in [6.45, 7) is 9.96. The molecule has 1 aliphatic rings. The Morgan fingerprint density at radius 3 is 2.42 bits per heavy atom. The Morgan fingerprint density at radius 1 is 1.26 bits per heavy atom. The van der Waals surface area contributed by atoms with Crippen LogP contribution in [0.5, 0.6) is 0 Å². The summed E-state index contributed by atoms with van der Waals surface area (Å²) < 4.78 is 0. The highest BCUT2D eigenvalue weighted by atomic mass is 15.2. The third-order valence-electron chi connectivity index (χ3n) is 4.13. The van der Waals surface area contributed by atoms with E-state index in [-0.39, 0.29) is 0 Å². The Morgan fingerprint density at radius 2 is 1.95 bits per heavy atom. The molecule has 1 aromatic rings. The standard InChI is InChI=1S/C17H28N2/c1-13(2)10-15-4-6-16(7-5-15)17(11-18)19-9-8-14(3)12-19/h4-7,13-14,17H,8-12,18H2,1-3H3. The Hall–Kier alpha value is -0.860. The summed E-state index contributed by atoms with van der Waals surface area (Å²) in [5, 5.41) is 0. The van der Waals surface area contributed by atoms with Crippen LogP contribution in [-0.2, 0) is 6.42 Å². The van der Waals surface area contributed by atoms with Crippen molar-refractivity contribution >= 4 is 0 Å². The molecule has 1 aromatic carbocycles. The topological polar surface area (TPSA) is 29.3 Å². The monoisotopic (exact) mass is 260 g/mol. The maximum Gasteiger partial charge on any atom is 0.0470 e. The van der Waals surface area contributed by atoms with E-state index in [0.717, 1.165) is 24.8 Å². The molecular formula is C17H28N2. The molecule has 0 radical (unpaired) electrons. The average Bonchev–Trinajstić information content (AvgIpc) is 2.78. The molecule has 2 heteroatoms. The van der Waals surface area contributed by atoms with Gasteiger partial charge in [-0.3, -0.25) is 4.90 Å². The largest absolute Gasteiger partial charge is 0.329 e. The lowest BCUT2D eigenvalue weighted by atomic mass is 9.99. The number of nitrogens with two attached hydrogens (primary N) is 1. The van der Waals surface area contributed by atoms with Gasteiger partial charge in [0.2, 0.25) is 0 Å². The minimum Gasteiger partial charge on any atom is -0.329 e. The van der Waals surface area contributed by atoms with Gasteiger partial charge in [0.05, 0.1) is 0 Å². The lowest BCUT2D eigenvalue weighted by Gasteiger charge is -2.27. The van der Waals surface area contributed by atoms with Gasteiger partial charge in [-0.05, 0) is 42.3 Å². The summed E-state index contributed by atoms with van der Waals surface area (Å²) in [7, 11) is 0. The van der Waals surface area contributed by atoms with Gasteiger partial charge in [0.15, 0.2) is 0 Å². The predicted octanol–water partition coefficient (Wildman–Crippen LogP) is 3.23. The van der Waals surface area contributed by atoms with E-state index in [1.807, 2.05) is 0 Å². The molecule has 2 atom stereocenters. The molecule has 0 aliphatic carbocycles. The van der Waals surface area contributed by atoms with Crippen molar-refractivity contribution in [3.05, 3.63) is 35.4 Å². The van der Waals surface area contributed by atoms with E-state index in [4.69, 9.17) is 5.73 Å². The maximum atomic E-state index is 6.01. The van der Waals surface area contributed by atoms with Gasteiger partial charge in [0.1, 0.15) is 0 Å². The Labute approximate surface area is 118 Å². The van der Waals surface area contributed by atoms with Crippen molar-refractivity contribution in [2.45, 2.75) is 39.7 Å². The first-order valence-corrected chi connectivity index (χ1v) is 7.63. The van der Waals surface area contributed by atoms with Crippen molar-refractivity contribution in [1.82, 2.24) is 4.90 Å². The van der Waals surface area contributed by atoms with Crippen LogP contribution in [0.2, 0.25) is 0 Å². The van der Waals surface area contributed by atoms with E-state index < -0.39 is 0 Å². The minimum atomic E-state index is 0.401. The van der Waals surface area contributed by atoms with E-state index in [1.165, 1.54) is 30.6 Å². The number of rotatable bonds is 5. The molecule has 0 amide bonds. The zero-order chi connectivity index (χ0) is 13.8. The van der Waals surface area contributed by atoms with Crippen LogP contribution >= 0.6 is 0 Å². The highest BCUT2D eigenvalue weighted by Crippen LogP contribution is 2.27. The van der Waals surface area contributed by atoms with E-state index in [1.54, 1.807) is 0 Å². The fraction of sp³-hybridized carbons (Fsp3) is 0.647. The van der Waals surface area contributed by atoms with Crippen LogP contribution in [0.25, 0.3) is 0 Å². The van der Waals surface area contributed by atoms with Crippen LogP contribution in [0.4, 0.5) is 0 Å². The zero-order valence-corrected chi connectivity index (χ0v) is 12.6. The molecule has 1 fully saturated rings. The quantitative estimate of drug-likeness (QED) is 0.880. The molecule has 19 heavy (non-hydrogen) atoms. The van der Waals surface area contributed by atoms with Gasteiger partial charge >= 0.3 is 0 Å². The van der Waals surface area contributed by atoms with Gasteiger partial charge in [-0.2, -0.15) is 0 Å². The molecule has 1 heterocycles. The predicted molar refractivity (Wildman–Crippen MR) is 82.1 cm³/mol. The molecule has 2 nitrogen and oxygen atoms in total. The zero-order valence-electron chi connectivity index (χ0n) is 12.6. The number of hydrogen-bond acceptors (Lipinski definition) is 2. The van der Waals surface area contributed by atoms with Crippen molar-refractivity contribution in [2.24, 2.45) is 17.6 Å². The lowest BCUT2D eigenvalue weighted by molar-refractivity contribution is 0.243. The van der Waals surface area contributed by atoms with Gasteiger partial charge in [-0.1, -0.05) is 45.0 Å². The fourth-order valence-corrected chi connectivity index (χ4v) is 3.10. The second kappa shape index (κ2) is 6.53. The van der Waals surface area contributed by atoms with Gasteiger partial charge in [0, 0.05) is 19.1 Å². The van der Waals surface area contributed by atoms with Crippen molar-refractivity contribution < 1.29 is 0 Å². The number of hydrogen-bond donors (Lipinski definition) is 1. The Bertz CT molecular complexity index is 383. The first-order chi connectivity index (χ1) is 9.10. The van der Waals surface area contributed by atoms with E-state index >= 15 is 0 Å². The first-order valence-electron chi connectivity index (χ1n) is 7.63. The molecule has 2 rings (SSSR count). The third kappa shape index (κ3) is 3.80. The third-order valence-corrected chi connectivity index (χ3v) is 4.13. The van der Waals surface area contributed by atoms with Gasteiger partial charge in [-0.15, -0.1) is 0 Å². The Kier molecular flexibility index (Phi) is 5.00. The SMILES string of the molecule is CC(C)Cc1ccc(C(CN)N2CCC(C)C2)cc1. The normalized spacial score (nSPS) is 22.1. The molecule has 2 unspecified atom stereocenters. The highest BCUT2D eigenvalue weighted by Gasteiger charge is 2.25. The van der Waals surface area contributed by atoms with Crippen LogP contribution in [0.3, 0.4) is 0 Å². The molecule has 0 spiro atoms. The average molecular weight is 260 g/mol. The molecule has 2 N–H and O–H groups in total. The van der Waals surface area contributed by atoms with Gasteiger partial charge < -0.3 is 5.73 Å². The summed E-state index contributed by atoms with van der Waals surface area (Å²) in [6, 6.07) is 9.50. The van der Waals surface area contributed by atoms with Crippen LogP contribution in [0, 0.1) is 11.8 Å². The summed E-state index contributed by atoms with van der Waals surface area (Å²) in [5.41, 5.74) is 8.82. The maximum absolute atomic E-state index is 6.01. The molecular weight excluding hydrogens is 232 g/mol. The molecule has 0 aromatic heterocycles. The fourth-order valence-electron chi connectivity index (χ4n) is 3.10. The molecule has 1 aliphatic heterocycles. The summed E-state index contributed by atoms with van der Waals surface area (Å²) >= 11 is 0. The number of benzene rings is 1. The van der Waals surface area contributed by atoms with E-state index in [2.05, 4.69) is 49.9 Å². The molecule has 0 saturated carbocycles. The lowest BCUT2D eigenvalue weighted by Crippen LogP contribution is -2.31. The second-order valence-electron chi connectivity index (χ2n) is 6.48. The summed E-state index contributed by atoms with van der Waals surface area (Å²) in [6.07, 6.45) is 2.47. The Balaban J connectivity index is 2.06. The van der Waals surface area contributed by atoms with Crippen LogP contribution < -0.4 is 5.73 Å². The summed E-state index contributed by atoms with van der Waals surface area (Å²) in [4.78, 5) is 2.54. The van der Waals surface area contributed by atoms with Crippen LogP contribution in [0.15, 0.2) is 24.3 Å². The van der Waals surface area contributed by atoms with Crippen molar-refractivity contribution in [3.63, 3.8) is 0 Å². The molecule has 106 valence electrons. The van der Waals surface area contributed by atoms with Gasteiger partial charge in [-0.25, -0.2) is 0 Å². The van der Waals surface area contributed by atoms with E-state index in [0.29, 0.717) is 6.04 Å². The van der Waals surface area contributed by atoms with Crippen LogP contribution in [0.1, 0.15) is 44.4 Å². The molecule has 0 bridgehead atoms. The van der Waals surface area contributed by atoms with Crippen molar-refractivity contribution in [1.29, 1.82) is 0 Å².